The molecule has 0 saturated heterocycles. The summed E-state index contributed by atoms with van der Waals surface area (Å²) in [5.41, 5.74) is 3.30. The first-order valence-electron chi connectivity index (χ1n) is 9.05. The van der Waals surface area contributed by atoms with E-state index in [2.05, 4.69) is 50.0 Å². The second kappa shape index (κ2) is 7.72. The molecule has 0 aliphatic carbocycles. The highest BCUT2D eigenvalue weighted by atomic mass is 32.2. The fraction of sp³-hybridized carbons (Fsp3) is 0.381. The maximum absolute atomic E-state index is 12.9. The molecule has 0 unspecified atom stereocenters. The summed E-state index contributed by atoms with van der Waals surface area (Å²) in [6.45, 7) is 6.37. The smallest absolute Gasteiger partial charge is 0.280 e. The molecule has 2 heterocycles. The Kier molecular flexibility index (Phi) is 5.56. The first-order valence-corrected chi connectivity index (χ1v) is 10.0. The number of nitrogens with zero attached hydrogens (tertiary/aromatic N) is 3. The monoisotopic (exact) mass is 383 g/mol. The summed E-state index contributed by atoms with van der Waals surface area (Å²) in [6, 6.07) is 8.42. The molecular formula is C21H25N3O2S. The summed E-state index contributed by atoms with van der Waals surface area (Å²) in [5, 5.41) is 0.537. The Morgan fingerprint density at radius 2 is 1.74 bits per heavy atom. The minimum absolute atomic E-state index is 0.280. The van der Waals surface area contributed by atoms with Crippen LogP contribution in [0.25, 0.3) is 11.0 Å². The number of rotatable bonds is 5. The molecule has 1 aromatic carbocycles. The molecule has 0 N–H and O–H groups in total. The summed E-state index contributed by atoms with van der Waals surface area (Å²) in [6.07, 6.45) is 2.66. The molecule has 3 aromatic rings. The van der Waals surface area contributed by atoms with E-state index in [1.54, 1.807) is 18.8 Å². The van der Waals surface area contributed by atoms with Gasteiger partial charge in [0.1, 0.15) is 5.65 Å². The third-order valence-corrected chi connectivity index (χ3v) is 5.86. The van der Waals surface area contributed by atoms with Crippen molar-refractivity contribution < 1.29 is 0 Å². The first-order chi connectivity index (χ1) is 12.8. The lowest BCUT2D eigenvalue weighted by Gasteiger charge is -2.15. The van der Waals surface area contributed by atoms with Gasteiger partial charge in [0.2, 0.25) is 0 Å². The van der Waals surface area contributed by atoms with Gasteiger partial charge in [-0.3, -0.25) is 13.9 Å². The van der Waals surface area contributed by atoms with Crippen molar-refractivity contribution in [2.45, 2.75) is 37.8 Å². The van der Waals surface area contributed by atoms with Gasteiger partial charge in [0.15, 0.2) is 0 Å². The second-order valence-corrected chi connectivity index (χ2v) is 8.37. The number of aromatic nitrogens is 3. The molecule has 3 rings (SSSR count). The van der Waals surface area contributed by atoms with Gasteiger partial charge in [-0.05, 0) is 30.4 Å². The van der Waals surface area contributed by atoms with E-state index in [0.717, 1.165) is 22.6 Å². The lowest BCUT2D eigenvalue weighted by molar-refractivity contribution is 0.638. The lowest BCUT2D eigenvalue weighted by atomic mass is 10.0. The van der Waals surface area contributed by atoms with Gasteiger partial charge in [-0.15, -0.1) is 11.8 Å². The van der Waals surface area contributed by atoms with Crippen LogP contribution >= 0.6 is 11.8 Å². The van der Waals surface area contributed by atoms with Gasteiger partial charge in [0, 0.05) is 30.9 Å². The molecule has 142 valence electrons. The number of aryl methyl sites for hydroxylation is 2. The number of hydrogen-bond donors (Lipinski definition) is 0. The summed E-state index contributed by atoms with van der Waals surface area (Å²) in [4.78, 5) is 30.6. The van der Waals surface area contributed by atoms with Crippen LogP contribution in [-0.4, -0.2) is 14.1 Å². The summed E-state index contributed by atoms with van der Waals surface area (Å²) in [5.74, 6) is 1.20. The van der Waals surface area contributed by atoms with Gasteiger partial charge in [-0.1, -0.05) is 43.7 Å². The molecule has 0 fully saturated rings. The molecule has 0 aliphatic heterocycles. The molecule has 5 nitrogen and oxygen atoms in total. The number of hydrogen-bond acceptors (Lipinski definition) is 4. The van der Waals surface area contributed by atoms with Crippen molar-refractivity contribution in [1.29, 1.82) is 0 Å². The minimum atomic E-state index is -0.355. The zero-order valence-electron chi connectivity index (χ0n) is 16.4. The van der Waals surface area contributed by atoms with E-state index < -0.39 is 0 Å². The van der Waals surface area contributed by atoms with Crippen molar-refractivity contribution in [3.05, 3.63) is 68.0 Å². The quantitative estimate of drug-likeness (QED) is 0.634. The van der Waals surface area contributed by atoms with Crippen molar-refractivity contribution in [2.75, 3.05) is 0 Å². The van der Waals surface area contributed by atoms with E-state index in [9.17, 15) is 9.59 Å². The van der Waals surface area contributed by atoms with Crippen LogP contribution in [-0.2, 0) is 26.3 Å². The third kappa shape index (κ3) is 3.86. The number of thioether (sulfide) groups is 1. The standard InChI is InChI=1S/C21H25N3O2S/c1-13(2)10-16-11-22-19-17(20(25)24(5)21(26)23(19)4)18(16)27-12-15-8-6-14(3)7-9-15/h6-9,11,13H,10,12H2,1-5H3. The predicted octanol–water partition coefficient (Wildman–Crippen LogP) is 3.43. The molecule has 0 aliphatic rings. The first kappa shape index (κ1) is 19.4. The van der Waals surface area contributed by atoms with Crippen molar-refractivity contribution >= 4 is 22.8 Å². The van der Waals surface area contributed by atoms with E-state index in [1.165, 1.54) is 27.3 Å². The van der Waals surface area contributed by atoms with E-state index in [1.807, 2.05) is 6.20 Å². The highest BCUT2D eigenvalue weighted by Gasteiger charge is 2.18. The Labute approximate surface area is 163 Å². The molecule has 0 saturated carbocycles. The van der Waals surface area contributed by atoms with Crippen LogP contribution in [0.3, 0.4) is 0 Å². The van der Waals surface area contributed by atoms with E-state index in [-0.39, 0.29) is 11.2 Å². The van der Waals surface area contributed by atoms with Gasteiger partial charge < -0.3 is 0 Å². The molecule has 0 amide bonds. The van der Waals surface area contributed by atoms with Crippen molar-refractivity contribution in [1.82, 2.24) is 14.1 Å². The molecule has 2 aromatic heterocycles. The Hall–Kier alpha value is -2.34. The maximum atomic E-state index is 12.9. The van der Waals surface area contributed by atoms with Gasteiger partial charge in [0.25, 0.3) is 5.56 Å². The van der Waals surface area contributed by atoms with Crippen molar-refractivity contribution in [3.8, 4) is 0 Å². The Morgan fingerprint density at radius 1 is 1.07 bits per heavy atom. The molecule has 6 heteroatoms. The van der Waals surface area contributed by atoms with E-state index in [4.69, 9.17) is 0 Å². The SMILES string of the molecule is Cc1ccc(CSc2c(CC(C)C)cnc3c2c(=O)n(C)c(=O)n3C)cc1. The zero-order valence-corrected chi connectivity index (χ0v) is 17.3. The van der Waals surface area contributed by atoms with Crippen molar-refractivity contribution in [2.24, 2.45) is 20.0 Å². The normalized spacial score (nSPS) is 11.5. The lowest BCUT2D eigenvalue weighted by Crippen LogP contribution is -2.37. The summed E-state index contributed by atoms with van der Waals surface area (Å²) >= 11 is 1.65. The Bertz CT molecular complexity index is 1100. The third-order valence-electron chi connectivity index (χ3n) is 4.63. The number of fused-ring (bicyclic) bond motifs is 1. The van der Waals surface area contributed by atoms with Crippen LogP contribution in [0, 0.1) is 12.8 Å². The van der Waals surface area contributed by atoms with Gasteiger partial charge in [-0.2, -0.15) is 0 Å². The second-order valence-electron chi connectivity index (χ2n) is 7.39. The maximum Gasteiger partial charge on any atom is 0.332 e. The fourth-order valence-electron chi connectivity index (χ4n) is 3.13. The van der Waals surface area contributed by atoms with Crippen LogP contribution in [0.4, 0.5) is 0 Å². The van der Waals surface area contributed by atoms with Crippen LogP contribution in [0.15, 0.2) is 44.9 Å². The summed E-state index contributed by atoms with van der Waals surface area (Å²) < 4.78 is 2.62. The minimum Gasteiger partial charge on any atom is -0.280 e. The van der Waals surface area contributed by atoms with Gasteiger partial charge in [0.05, 0.1) is 5.39 Å². The Balaban J connectivity index is 2.17. The highest BCUT2D eigenvalue weighted by molar-refractivity contribution is 7.98. The Morgan fingerprint density at radius 3 is 2.37 bits per heavy atom. The van der Waals surface area contributed by atoms with Crippen LogP contribution in [0.2, 0.25) is 0 Å². The zero-order chi connectivity index (χ0) is 19.7. The highest BCUT2D eigenvalue weighted by Crippen LogP contribution is 2.32. The van der Waals surface area contributed by atoms with Gasteiger partial charge in [-0.25, -0.2) is 9.78 Å². The largest absolute Gasteiger partial charge is 0.332 e. The van der Waals surface area contributed by atoms with Crippen molar-refractivity contribution in [3.63, 3.8) is 0 Å². The average Bonchev–Trinajstić information content (AvgIpc) is 2.64. The van der Waals surface area contributed by atoms with E-state index >= 15 is 0 Å². The fourth-order valence-corrected chi connectivity index (χ4v) is 4.28. The number of pyridine rings is 1. The molecule has 0 radical (unpaired) electrons. The van der Waals surface area contributed by atoms with Crippen LogP contribution in [0.1, 0.15) is 30.5 Å². The molecule has 27 heavy (non-hydrogen) atoms. The molecule has 0 atom stereocenters. The summed E-state index contributed by atoms with van der Waals surface area (Å²) in [7, 11) is 3.18. The molecule has 0 bridgehead atoms. The number of benzene rings is 1. The van der Waals surface area contributed by atoms with Crippen LogP contribution in [0.5, 0.6) is 0 Å². The molecule has 0 spiro atoms. The van der Waals surface area contributed by atoms with E-state index in [0.29, 0.717) is 17.0 Å². The predicted molar refractivity (Wildman–Crippen MR) is 112 cm³/mol. The molecular weight excluding hydrogens is 358 g/mol. The topological polar surface area (TPSA) is 56.9 Å². The average molecular weight is 384 g/mol. The van der Waals surface area contributed by atoms with Gasteiger partial charge >= 0.3 is 5.69 Å². The van der Waals surface area contributed by atoms with Crippen LogP contribution < -0.4 is 11.2 Å².